The number of anilines is 1. The Kier molecular flexibility index (Phi) is 5.44. The van der Waals surface area contributed by atoms with Gasteiger partial charge in [-0.05, 0) is 24.3 Å². The van der Waals surface area contributed by atoms with Gasteiger partial charge in [0, 0.05) is 23.0 Å². The number of hydrogen-bond donors (Lipinski definition) is 1. The molecule has 1 N–H and O–H groups in total. The molecule has 2 heterocycles. The molecule has 0 fully saturated rings. The van der Waals surface area contributed by atoms with Crippen molar-refractivity contribution in [2.75, 3.05) is 19.5 Å². The third kappa shape index (κ3) is 3.87. The maximum Gasteiger partial charge on any atom is 0.262 e. The molecule has 0 atom stereocenters. The molecule has 0 spiro atoms. The van der Waals surface area contributed by atoms with Crippen molar-refractivity contribution in [2.24, 2.45) is 4.99 Å². The number of hydrogen-bond acceptors (Lipinski definition) is 7. The molecule has 0 aliphatic rings. The van der Waals surface area contributed by atoms with Gasteiger partial charge >= 0.3 is 0 Å². The van der Waals surface area contributed by atoms with E-state index < -0.39 is 11.7 Å². The molecule has 0 saturated carbocycles. The number of para-hydroxylation sites is 1. The summed E-state index contributed by atoms with van der Waals surface area (Å²) in [6.45, 7) is 0. The normalized spacial score (nSPS) is 11.5. The van der Waals surface area contributed by atoms with Gasteiger partial charge < -0.3 is 13.9 Å². The number of amides is 1. The molecule has 7 nitrogen and oxygen atoms in total. The number of aromatic nitrogens is 1. The lowest BCUT2D eigenvalue weighted by molar-refractivity contribution is 0.102. The lowest BCUT2D eigenvalue weighted by Crippen LogP contribution is -2.21. The molecular weight excluding hydrogens is 409 g/mol. The predicted octanol–water partition coefficient (Wildman–Crippen LogP) is 4.53. The highest BCUT2D eigenvalue weighted by atomic mass is 32.1. The molecule has 0 unspecified atom stereocenters. The number of halogens is 1. The number of rotatable bonds is 5. The fourth-order valence-corrected chi connectivity index (χ4v) is 3.35. The van der Waals surface area contributed by atoms with Crippen molar-refractivity contribution in [3.63, 3.8) is 0 Å². The van der Waals surface area contributed by atoms with Crippen molar-refractivity contribution in [1.29, 1.82) is 0 Å². The van der Waals surface area contributed by atoms with Crippen molar-refractivity contribution < 1.29 is 23.1 Å². The van der Waals surface area contributed by atoms with E-state index in [1.807, 2.05) is 0 Å². The number of benzene rings is 2. The van der Waals surface area contributed by atoms with Crippen LogP contribution in [0.5, 0.6) is 11.5 Å². The predicted molar refractivity (Wildman–Crippen MR) is 111 cm³/mol. The van der Waals surface area contributed by atoms with Crippen LogP contribution < -0.4 is 20.3 Å². The van der Waals surface area contributed by atoms with Crippen molar-refractivity contribution >= 4 is 39.0 Å². The Bertz CT molecular complexity index is 1290. The molecule has 0 aliphatic carbocycles. The minimum atomic E-state index is -0.578. The zero-order valence-corrected chi connectivity index (χ0v) is 16.8. The van der Waals surface area contributed by atoms with Crippen LogP contribution >= 0.6 is 11.3 Å². The van der Waals surface area contributed by atoms with Crippen LogP contribution in [0.1, 0.15) is 10.4 Å². The number of nitrogens with zero attached hydrogens (tertiary/aromatic N) is 2. The summed E-state index contributed by atoms with van der Waals surface area (Å²) in [5.41, 5.74) is 0.848. The van der Waals surface area contributed by atoms with Crippen LogP contribution in [0.3, 0.4) is 0 Å². The van der Waals surface area contributed by atoms with Gasteiger partial charge in [-0.15, -0.1) is 11.3 Å². The standard InChI is InChI=1S/C21H16FN3O4S/c1-27-16-7-6-13(11-15(16)22)24-20-14(19(26)25-21-23-8-9-30-21)10-12-4-3-5-17(28-2)18(12)29-20/h3-11H,1-2H3,(H,23,25,26). The first-order chi connectivity index (χ1) is 14.6. The Hall–Kier alpha value is -3.72. The van der Waals surface area contributed by atoms with Crippen LogP contribution in [0.15, 0.2) is 63.5 Å². The Morgan fingerprint density at radius 3 is 2.70 bits per heavy atom. The van der Waals surface area contributed by atoms with Crippen molar-refractivity contribution in [3.05, 3.63) is 71.0 Å². The van der Waals surface area contributed by atoms with Crippen LogP contribution in [-0.2, 0) is 0 Å². The molecule has 9 heteroatoms. The average molecular weight is 425 g/mol. The fourth-order valence-electron chi connectivity index (χ4n) is 2.82. The van der Waals surface area contributed by atoms with Crippen molar-refractivity contribution in [1.82, 2.24) is 4.98 Å². The maximum atomic E-state index is 14.1. The highest BCUT2D eigenvalue weighted by Gasteiger charge is 2.16. The van der Waals surface area contributed by atoms with E-state index in [1.54, 1.807) is 41.9 Å². The molecule has 2 aromatic heterocycles. The third-order valence-electron chi connectivity index (χ3n) is 4.22. The fraction of sp³-hybridized carbons (Fsp3) is 0.0952. The highest BCUT2D eigenvalue weighted by molar-refractivity contribution is 7.13. The second-order valence-corrected chi connectivity index (χ2v) is 6.96. The monoisotopic (exact) mass is 425 g/mol. The van der Waals surface area contributed by atoms with Gasteiger partial charge in [0.05, 0.1) is 19.9 Å². The van der Waals surface area contributed by atoms with Crippen LogP contribution in [0.4, 0.5) is 15.2 Å². The summed E-state index contributed by atoms with van der Waals surface area (Å²) in [5.74, 6) is -0.457. The van der Waals surface area contributed by atoms with Crippen LogP contribution in [-0.4, -0.2) is 25.1 Å². The molecule has 0 aliphatic heterocycles. The molecule has 0 saturated heterocycles. The minimum absolute atomic E-state index is 0.00521. The van der Waals surface area contributed by atoms with Crippen molar-refractivity contribution in [2.45, 2.75) is 0 Å². The van der Waals surface area contributed by atoms with Gasteiger partial charge in [-0.25, -0.2) is 14.4 Å². The zero-order chi connectivity index (χ0) is 21.1. The summed E-state index contributed by atoms with van der Waals surface area (Å²) in [5, 5.41) is 5.55. The van der Waals surface area contributed by atoms with Gasteiger partial charge in [-0.2, -0.15) is 0 Å². The third-order valence-corrected chi connectivity index (χ3v) is 4.91. The smallest absolute Gasteiger partial charge is 0.262 e. The number of thiazole rings is 1. The van der Waals surface area contributed by atoms with Crippen LogP contribution in [0.25, 0.3) is 11.0 Å². The van der Waals surface area contributed by atoms with Gasteiger partial charge in [0.25, 0.3) is 5.91 Å². The number of methoxy groups -OCH3 is 2. The Balaban J connectivity index is 1.90. The van der Waals surface area contributed by atoms with E-state index in [-0.39, 0.29) is 22.6 Å². The first-order valence-electron chi connectivity index (χ1n) is 8.79. The van der Waals surface area contributed by atoms with Gasteiger partial charge in [0.15, 0.2) is 28.0 Å². The zero-order valence-electron chi connectivity index (χ0n) is 16.0. The van der Waals surface area contributed by atoms with E-state index in [4.69, 9.17) is 13.9 Å². The molecule has 152 valence electrons. The lowest BCUT2D eigenvalue weighted by Gasteiger charge is -2.08. The van der Waals surface area contributed by atoms with Gasteiger partial charge in [0.2, 0.25) is 5.55 Å². The van der Waals surface area contributed by atoms with Gasteiger partial charge in [0.1, 0.15) is 5.56 Å². The first kappa shape index (κ1) is 19.6. The van der Waals surface area contributed by atoms with E-state index in [9.17, 15) is 9.18 Å². The summed E-state index contributed by atoms with van der Waals surface area (Å²) >= 11 is 1.28. The Morgan fingerprint density at radius 1 is 1.17 bits per heavy atom. The molecule has 0 radical (unpaired) electrons. The topological polar surface area (TPSA) is 86.0 Å². The molecule has 0 bridgehead atoms. The second-order valence-electron chi connectivity index (χ2n) is 6.07. The van der Waals surface area contributed by atoms with E-state index in [2.05, 4.69) is 15.3 Å². The molecule has 1 amide bonds. The van der Waals surface area contributed by atoms with E-state index >= 15 is 0 Å². The van der Waals surface area contributed by atoms with Gasteiger partial charge in [-0.3, -0.25) is 10.1 Å². The summed E-state index contributed by atoms with van der Waals surface area (Å²) < 4.78 is 30.3. The minimum Gasteiger partial charge on any atom is -0.494 e. The SMILES string of the molecule is COc1ccc(N=c2oc3c(OC)cccc3cc2C(=O)Nc2nccs2)cc1F. The number of carbonyl (C=O) groups is 1. The summed E-state index contributed by atoms with van der Waals surface area (Å²) in [6, 6.07) is 11.2. The molecule has 4 rings (SSSR count). The number of ether oxygens (including phenoxy) is 2. The van der Waals surface area contributed by atoms with Crippen LogP contribution in [0, 0.1) is 5.82 Å². The molecular formula is C21H16FN3O4S. The van der Waals surface area contributed by atoms with E-state index in [0.717, 1.165) is 0 Å². The molecule has 2 aromatic carbocycles. The average Bonchev–Trinajstić information content (AvgIpc) is 3.26. The van der Waals surface area contributed by atoms with Gasteiger partial charge in [-0.1, -0.05) is 12.1 Å². The Morgan fingerprint density at radius 2 is 2.00 bits per heavy atom. The summed E-state index contributed by atoms with van der Waals surface area (Å²) in [7, 11) is 2.89. The first-order valence-corrected chi connectivity index (χ1v) is 9.67. The molecule has 30 heavy (non-hydrogen) atoms. The summed E-state index contributed by atoms with van der Waals surface area (Å²) in [6.07, 6.45) is 1.58. The number of nitrogens with one attached hydrogen (secondary N) is 1. The van der Waals surface area contributed by atoms with Crippen LogP contribution in [0.2, 0.25) is 0 Å². The van der Waals surface area contributed by atoms with Crippen molar-refractivity contribution in [3.8, 4) is 11.5 Å². The second kappa shape index (κ2) is 8.34. The molecule has 4 aromatic rings. The number of carbonyl (C=O) groups excluding carboxylic acids is 1. The maximum absolute atomic E-state index is 14.1. The quantitative estimate of drug-likeness (QED) is 0.508. The highest BCUT2D eigenvalue weighted by Crippen LogP contribution is 2.26. The van der Waals surface area contributed by atoms with E-state index in [0.29, 0.717) is 21.9 Å². The largest absolute Gasteiger partial charge is 0.494 e. The Labute approximate surface area is 174 Å². The number of fused-ring (bicyclic) bond motifs is 1. The lowest BCUT2D eigenvalue weighted by atomic mass is 10.1. The van der Waals surface area contributed by atoms with E-state index in [1.165, 1.54) is 37.7 Å². The summed E-state index contributed by atoms with van der Waals surface area (Å²) in [4.78, 5) is 21.3.